The minimum Gasteiger partial charge on any atom is -0.395 e. The molecule has 1 heterocycles. The van der Waals surface area contributed by atoms with Gasteiger partial charge in [-0.05, 0) is 12.3 Å². The summed E-state index contributed by atoms with van der Waals surface area (Å²) >= 11 is 0. The van der Waals surface area contributed by atoms with Gasteiger partial charge in [0, 0.05) is 24.9 Å². The summed E-state index contributed by atoms with van der Waals surface area (Å²) in [6.45, 7) is 0.0582. The molecule has 2 fully saturated rings. The topological polar surface area (TPSA) is 66.4 Å². The number of rotatable bonds is 1. The van der Waals surface area contributed by atoms with Crippen LogP contribution in [0.25, 0.3) is 0 Å². The Labute approximate surface area is 82.7 Å². The Bertz CT molecular complexity index is 264. The molecule has 78 valence electrons. The number of aliphatic hydroxyl groups is 1. The predicted octanol–water partition coefficient (Wildman–Crippen LogP) is -0.353. The second-order valence-corrected chi connectivity index (χ2v) is 4.31. The number of hydrogen-bond acceptors (Lipinski definition) is 4. The molecule has 0 radical (unpaired) electrons. The summed E-state index contributed by atoms with van der Waals surface area (Å²) in [4.78, 5) is 22.7. The van der Waals surface area contributed by atoms with E-state index in [0.717, 1.165) is 6.42 Å². The molecule has 2 aliphatic rings. The maximum Gasteiger partial charge on any atom is 0.141 e. The average Bonchev–Trinajstić information content (AvgIpc) is 2.45. The zero-order valence-electron chi connectivity index (χ0n) is 8.03. The molecule has 1 saturated heterocycles. The number of hydrogen-bond donors (Lipinski definition) is 2. The zero-order chi connectivity index (χ0) is 10.1. The fourth-order valence-corrected chi connectivity index (χ4v) is 2.54. The summed E-state index contributed by atoms with van der Waals surface area (Å²) in [6.07, 6.45) is 1.83. The number of nitrogens with one attached hydrogen (secondary N) is 1. The SMILES string of the molecule is O=C1CC(=O)CC2CC(C1)NC2CO. The molecule has 14 heavy (non-hydrogen) atoms. The van der Waals surface area contributed by atoms with Crippen LogP contribution in [0.5, 0.6) is 0 Å². The van der Waals surface area contributed by atoms with Crippen molar-refractivity contribution in [3.63, 3.8) is 0 Å². The predicted molar refractivity (Wildman–Crippen MR) is 49.8 cm³/mol. The van der Waals surface area contributed by atoms with Crippen LogP contribution in [0, 0.1) is 5.92 Å². The quantitative estimate of drug-likeness (QED) is 0.564. The summed E-state index contributed by atoms with van der Waals surface area (Å²) in [5.74, 6) is 0.288. The molecule has 1 saturated carbocycles. The number of carbonyl (C=O) groups excluding carboxylic acids is 2. The van der Waals surface area contributed by atoms with Crippen LogP contribution in [0.3, 0.4) is 0 Å². The van der Waals surface area contributed by atoms with Gasteiger partial charge in [-0.3, -0.25) is 9.59 Å². The minimum atomic E-state index is 0.00912. The van der Waals surface area contributed by atoms with Crippen molar-refractivity contribution in [3.05, 3.63) is 0 Å². The summed E-state index contributed by atoms with van der Waals surface area (Å²) in [6, 6.07) is 0.188. The van der Waals surface area contributed by atoms with Gasteiger partial charge in [-0.25, -0.2) is 0 Å². The van der Waals surface area contributed by atoms with Crippen LogP contribution in [0.2, 0.25) is 0 Å². The highest BCUT2D eigenvalue weighted by molar-refractivity contribution is 5.99. The van der Waals surface area contributed by atoms with Crippen LogP contribution in [0.15, 0.2) is 0 Å². The number of aliphatic hydroxyl groups excluding tert-OH is 1. The lowest BCUT2D eigenvalue weighted by molar-refractivity contribution is -0.128. The molecule has 3 unspecified atom stereocenters. The van der Waals surface area contributed by atoms with E-state index in [4.69, 9.17) is 5.11 Å². The van der Waals surface area contributed by atoms with E-state index in [1.54, 1.807) is 0 Å². The summed E-state index contributed by atoms with van der Waals surface area (Å²) < 4.78 is 0. The van der Waals surface area contributed by atoms with E-state index in [2.05, 4.69) is 5.32 Å². The van der Waals surface area contributed by atoms with E-state index in [1.165, 1.54) is 0 Å². The van der Waals surface area contributed by atoms with Crippen LogP contribution in [-0.4, -0.2) is 35.4 Å². The van der Waals surface area contributed by atoms with E-state index in [-0.39, 0.29) is 42.6 Å². The molecular weight excluding hydrogens is 182 g/mol. The molecule has 0 spiro atoms. The van der Waals surface area contributed by atoms with Crippen molar-refractivity contribution in [1.29, 1.82) is 0 Å². The van der Waals surface area contributed by atoms with E-state index in [0.29, 0.717) is 12.8 Å². The van der Waals surface area contributed by atoms with E-state index in [1.807, 2.05) is 0 Å². The number of fused-ring (bicyclic) bond motifs is 2. The number of carbonyl (C=O) groups is 2. The zero-order valence-corrected chi connectivity index (χ0v) is 8.03. The Morgan fingerprint density at radius 1 is 1.29 bits per heavy atom. The molecule has 3 atom stereocenters. The molecule has 2 rings (SSSR count). The molecule has 4 nitrogen and oxygen atoms in total. The van der Waals surface area contributed by atoms with Gasteiger partial charge < -0.3 is 10.4 Å². The standard InChI is InChI=1S/C10H15NO3/c12-5-10-6-1-7(11-10)3-9(14)4-8(13)2-6/h6-7,10-12H,1-5H2. The van der Waals surface area contributed by atoms with Crippen LogP contribution >= 0.6 is 0 Å². The van der Waals surface area contributed by atoms with Crippen molar-refractivity contribution in [2.75, 3.05) is 6.61 Å². The van der Waals surface area contributed by atoms with Crippen LogP contribution in [0.1, 0.15) is 25.7 Å². The van der Waals surface area contributed by atoms with Crippen LogP contribution in [-0.2, 0) is 9.59 Å². The molecular formula is C10H15NO3. The molecule has 1 aliphatic heterocycles. The monoisotopic (exact) mass is 197 g/mol. The van der Waals surface area contributed by atoms with E-state index < -0.39 is 0 Å². The largest absolute Gasteiger partial charge is 0.395 e. The van der Waals surface area contributed by atoms with E-state index >= 15 is 0 Å². The highest BCUT2D eigenvalue weighted by atomic mass is 16.3. The van der Waals surface area contributed by atoms with Crippen molar-refractivity contribution in [2.45, 2.75) is 37.8 Å². The molecule has 0 amide bonds. The first-order valence-electron chi connectivity index (χ1n) is 5.09. The molecule has 4 heteroatoms. The van der Waals surface area contributed by atoms with Gasteiger partial charge in [0.25, 0.3) is 0 Å². The summed E-state index contributed by atoms with van der Waals surface area (Å²) in [7, 11) is 0. The molecule has 2 N–H and O–H groups in total. The van der Waals surface area contributed by atoms with Crippen molar-refractivity contribution in [2.24, 2.45) is 5.92 Å². The third-order valence-corrected chi connectivity index (χ3v) is 3.16. The Morgan fingerprint density at radius 2 is 2.00 bits per heavy atom. The van der Waals surface area contributed by atoms with Crippen LogP contribution < -0.4 is 5.32 Å². The lowest BCUT2D eigenvalue weighted by Crippen LogP contribution is -2.34. The van der Waals surface area contributed by atoms with Gasteiger partial charge in [0.2, 0.25) is 0 Å². The normalized spacial score (nSPS) is 38.2. The van der Waals surface area contributed by atoms with Crippen molar-refractivity contribution in [1.82, 2.24) is 5.32 Å². The fourth-order valence-electron chi connectivity index (χ4n) is 2.54. The van der Waals surface area contributed by atoms with Crippen molar-refractivity contribution >= 4 is 11.6 Å². The Hall–Kier alpha value is -0.740. The third kappa shape index (κ3) is 1.86. The molecule has 2 bridgehead atoms. The maximum atomic E-state index is 11.4. The smallest absolute Gasteiger partial charge is 0.141 e. The summed E-state index contributed by atoms with van der Waals surface area (Å²) in [5.41, 5.74) is 0. The lowest BCUT2D eigenvalue weighted by Gasteiger charge is -2.15. The molecule has 0 aromatic heterocycles. The van der Waals surface area contributed by atoms with Crippen molar-refractivity contribution in [3.8, 4) is 0 Å². The van der Waals surface area contributed by atoms with Gasteiger partial charge >= 0.3 is 0 Å². The number of ketones is 2. The summed E-state index contributed by atoms with van der Waals surface area (Å²) in [5, 5.41) is 12.3. The highest BCUT2D eigenvalue weighted by Gasteiger charge is 2.37. The molecule has 0 aromatic carbocycles. The maximum absolute atomic E-state index is 11.4. The highest BCUT2D eigenvalue weighted by Crippen LogP contribution is 2.28. The second-order valence-electron chi connectivity index (χ2n) is 4.31. The lowest BCUT2D eigenvalue weighted by atomic mass is 9.88. The first-order chi connectivity index (χ1) is 6.69. The van der Waals surface area contributed by atoms with Gasteiger partial charge in [0.15, 0.2) is 0 Å². The Kier molecular flexibility index (Phi) is 2.65. The van der Waals surface area contributed by atoms with Gasteiger partial charge in [-0.15, -0.1) is 0 Å². The van der Waals surface area contributed by atoms with E-state index in [9.17, 15) is 9.59 Å². The minimum absolute atomic E-state index is 0.00912. The van der Waals surface area contributed by atoms with Gasteiger partial charge in [-0.2, -0.15) is 0 Å². The van der Waals surface area contributed by atoms with Gasteiger partial charge in [0.1, 0.15) is 11.6 Å². The van der Waals surface area contributed by atoms with Crippen LogP contribution in [0.4, 0.5) is 0 Å². The Balaban J connectivity index is 2.11. The fraction of sp³-hybridized carbons (Fsp3) is 0.800. The van der Waals surface area contributed by atoms with Gasteiger partial charge in [-0.1, -0.05) is 0 Å². The Morgan fingerprint density at radius 3 is 2.71 bits per heavy atom. The first kappa shape index (κ1) is 9.80. The molecule has 0 aromatic rings. The number of Topliss-reactive ketones (excluding diaryl/α,β-unsaturated/α-hetero) is 2. The second kappa shape index (κ2) is 3.79. The average molecular weight is 197 g/mol. The van der Waals surface area contributed by atoms with Gasteiger partial charge in [0.05, 0.1) is 13.0 Å². The first-order valence-corrected chi connectivity index (χ1v) is 5.09. The van der Waals surface area contributed by atoms with Crippen molar-refractivity contribution < 1.29 is 14.7 Å². The molecule has 1 aliphatic carbocycles. The third-order valence-electron chi connectivity index (χ3n) is 3.16.